The Hall–Kier alpha value is -0.0800. The molecule has 0 aromatic rings. The molecule has 1 unspecified atom stereocenters. The third-order valence-electron chi connectivity index (χ3n) is 1.46. The number of rotatable bonds is 0. The molecule has 1 fully saturated rings. The van der Waals surface area contributed by atoms with E-state index in [0.29, 0.717) is 6.10 Å². The van der Waals surface area contributed by atoms with Crippen LogP contribution in [0.3, 0.4) is 0 Å². The highest BCUT2D eigenvalue weighted by molar-refractivity contribution is 4.64. The Morgan fingerprint density at radius 1 is 1.33 bits per heavy atom. The van der Waals surface area contributed by atoms with E-state index in [0.717, 1.165) is 13.0 Å². The van der Waals surface area contributed by atoms with Crippen molar-refractivity contribution in [3.8, 4) is 0 Å². The second kappa shape index (κ2) is 5.55. The Morgan fingerprint density at radius 2 is 1.83 bits per heavy atom. The lowest BCUT2D eigenvalue weighted by Crippen LogP contribution is -2.38. The van der Waals surface area contributed by atoms with E-state index in [4.69, 9.17) is 9.47 Å². The van der Waals surface area contributed by atoms with Crippen LogP contribution in [-0.2, 0) is 9.47 Å². The Morgan fingerprint density at radius 3 is 2.08 bits per heavy atom. The summed E-state index contributed by atoms with van der Waals surface area (Å²) in [5.74, 6) is -0.350. The van der Waals surface area contributed by atoms with Crippen molar-refractivity contribution in [1.82, 2.24) is 0 Å². The Labute approximate surface area is 76.3 Å². The molecule has 1 rings (SSSR count). The molecule has 0 N–H and O–H groups in total. The summed E-state index contributed by atoms with van der Waals surface area (Å²) in [6, 6.07) is 0. The second-order valence-electron chi connectivity index (χ2n) is 3.67. The van der Waals surface area contributed by atoms with E-state index in [9.17, 15) is 0 Å². The summed E-state index contributed by atoms with van der Waals surface area (Å²) in [4.78, 5) is 0. The predicted octanol–water partition coefficient (Wildman–Crippen LogP) is 2.96. The van der Waals surface area contributed by atoms with Gasteiger partial charge in [-0.25, -0.2) is 0 Å². The highest BCUT2D eigenvalue weighted by Crippen LogP contribution is 2.20. The van der Waals surface area contributed by atoms with Gasteiger partial charge in [-0.15, -0.1) is 0 Å². The van der Waals surface area contributed by atoms with E-state index in [-0.39, 0.29) is 5.79 Å². The van der Waals surface area contributed by atoms with Crippen molar-refractivity contribution in [1.29, 1.82) is 0 Å². The van der Waals surface area contributed by atoms with Crippen molar-refractivity contribution in [3.05, 3.63) is 0 Å². The molecule has 2 nitrogen and oxygen atoms in total. The molecule has 74 valence electrons. The standard InChI is InChI=1S/C7H14O2.C3H8/c1-6-4-5-8-7(2,3)9-6;1-3-2/h6H,4-5H2,1-3H3;3H2,1-2H3. The van der Waals surface area contributed by atoms with Gasteiger partial charge in [0.15, 0.2) is 5.79 Å². The molecule has 0 aromatic heterocycles. The molecule has 0 saturated carbocycles. The molecule has 0 spiro atoms. The SMILES string of the molecule is CC1CCOC(C)(C)O1.CCC. The summed E-state index contributed by atoms with van der Waals surface area (Å²) in [6.07, 6.45) is 2.62. The molecule has 12 heavy (non-hydrogen) atoms. The Balaban J connectivity index is 0.000000354. The van der Waals surface area contributed by atoms with Crippen molar-refractivity contribution in [2.75, 3.05) is 6.61 Å². The van der Waals surface area contributed by atoms with Gasteiger partial charge >= 0.3 is 0 Å². The van der Waals surface area contributed by atoms with Crippen LogP contribution in [0, 0.1) is 0 Å². The summed E-state index contributed by atoms with van der Waals surface area (Å²) in [6.45, 7) is 11.0. The van der Waals surface area contributed by atoms with Crippen LogP contribution in [0.15, 0.2) is 0 Å². The van der Waals surface area contributed by atoms with Crippen LogP contribution in [0.2, 0.25) is 0 Å². The third kappa shape index (κ3) is 5.56. The molecule has 1 aliphatic heterocycles. The van der Waals surface area contributed by atoms with Crippen LogP contribution in [-0.4, -0.2) is 18.5 Å². The molecular weight excluding hydrogens is 152 g/mol. The molecule has 1 aliphatic rings. The highest BCUT2D eigenvalue weighted by atomic mass is 16.7. The molecule has 0 aromatic carbocycles. The van der Waals surface area contributed by atoms with Gasteiger partial charge in [-0.1, -0.05) is 20.3 Å². The maximum Gasteiger partial charge on any atom is 0.163 e. The summed E-state index contributed by atoms with van der Waals surface area (Å²) in [7, 11) is 0. The minimum Gasteiger partial charge on any atom is -0.350 e. The molecular formula is C10H22O2. The summed E-state index contributed by atoms with van der Waals surface area (Å²) < 4.78 is 10.8. The van der Waals surface area contributed by atoms with Crippen LogP contribution in [0.1, 0.15) is 47.5 Å². The Bertz CT molecular complexity index is 110. The zero-order valence-electron chi connectivity index (χ0n) is 9.02. The van der Waals surface area contributed by atoms with E-state index in [2.05, 4.69) is 20.8 Å². The number of hydrogen-bond acceptors (Lipinski definition) is 2. The fourth-order valence-corrected chi connectivity index (χ4v) is 1.05. The monoisotopic (exact) mass is 174 g/mol. The van der Waals surface area contributed by atoms with Crippen molar-refractivity contribution in [2.45, 2.75) is 59.4 Å². The van der Waals surface area contributed by atoms with Gasteiger partial charge in [0.05, 0.1) is 12.7 Å². The van der Waals surface area contributed by atoms with E-state index < -0.39 is 0 Å². The first-order valence-corrected chi connectivity index (χ1v) is 4.83. The molecule has 0 aliphatic carbocycles. The second-order valence-corrected chi connectivity index (χ2v) is 3.67. The molecule has 1 saturated heterocycles. The summed E-state index contributed by atoms with van der Waals surface area (Å²) in [5, 5.41) is 0. The molecule has 1 atom stereocenters. The molecule has 2 heteroatoms. The molecule has 0 bridgehead atoms. The van der Waals surface area contributed by atoms with Gasteiger partial charge in [0.2, 0.25) is 0 Å². The summed E-state index contributed by atoms with van der Waals surface area (Å²) >= 11 is 0. The maximum absolute atomic E-state index is 5.45. The zero-order valence-corrected chi connectivity index (χ0v) is 9.02. The van der Waals surface area contributed by atoms with E-state index in [1.165, 1.54) is 6.42 Å². The lowest BCUT2D eigenvalue weighted by atomic mass is 10.2. The first-order chi connectivity index (χ1) is 5.52. The fraction of sp³-hybridized carbons (Fsp3) is 1.00. The topological polar surface area (TPSA) is 18.5 Å². The van der Waals surface area contributed by atoms with Gasteiger partial charge in [-0.3, -0.25) is 0 Å². The average molecular weight is 174 g/mol. The van der Waals surface area contributed by atoms with Crippen molar-refractivity contribution in [3.63, 3.8) is 0 Å². The quantitative estimate of drug-likeness (QED) is 0.562. The predicted molar refractivity (Wildman–Crippen MR) is 51.2 cm³/mol. The van der Waals surface area contributed by atoms with E-state index in [1.807, 2.05) is 13.8 Å². The van der Waals surface area contributed by atoms with Crippen molar-refractivity contribution in [2.24, 2.45) is 0 Å². The number of hydrogen-bond donors (Lipinski definition) is 0. The minimum absolute atomic E-state index is 0.350. The van der Waals surface area contributed by atoms with Crippen LogP contribution in [0.4, 0.5) is 0 Å². The van der Waals surface area contributed by atoms with Crippen LogP contribution >= 0.6 is 0 Å². The molecule has 0 radical (unpaired) electrons. The number of ether oxygens (including phenoxy) is 2. The van der Waals surface area contributed by atoms with E-state index >= 15 is 0 Å². The van der Waals surface area contributed by atoms with Crippen molar-refractivity contribution < 1.29 is 9.47 Å². The Kier molecular flexibility index (Phi) is 5.51. The van der Waals surface area contributed by atoms with E-state index in [1.54, 1.807) is 0 Å². The van der Waals surface area contributed by atoms with Crippen molar-refractivity contribution >= 4 is 0 Å². The zero-order chi connectivity index (χ0) is 9.61. The third-order valence-corrected chi connectivity index (χ3v) is 1.46. The largest absolute Gasteiger partial charge is 0.350 e. The maximum atomic E-state index is 5.45. The van der Waals surface area contributed by atoms with Gasteiger partial charge in [-0.05, 0) is 27.2 Å². The normalized spacial score (nSPS) is 27.2. The minimum atomic E-state index is -0.350. The first kappa shape index (κ1) is 11.9. The lowest BCUT2D eigenvalue weighted by Gasteiger charge is -2.34. The first-order valence-electron chi connectivity index (χ1n) is 4.83. The van der Waals surface area contributed by atoms with Crippen LogP contribution in [0.25, 0.3) is 0 Å². The smallest absolute Gasteiger partial charge is 0.163 e. The van der Waals surface area contributed by atoms with Gasteiger partial charge in [0.25, 0.3) is 0 Å². The molecule has 0 amide bonds. The van der Waals surface area contributed by atoms with Gasteiger partial charge in [0.1, 0.15) is 0 Å². The van der Waals surface area contributed by atoms with Gasteiger partial charge in [0, 0.05) is 0 Å². The lowest BCUT2D eigenvalue weighted by molar-refractivity contribution is -0.268. The van der Waals surface area contributed by atoms with Crippen LogP contribution < -0.4 is 0 Å². The average Bonchev–Trinajstić information content (AvgIpc) is 1.85. The van der Waals surface area contributed by atoms with Gasteiger partial charge < -0.3 is 9.47 Å². The highest BCUT2D eigenvalue weighted by Gasteiger charge is 2.26. The summed E-state index contributed by atoms with van der Waals surface area (Å²) in [5.41, 5.74) is 0. The van der Waals surface area contributed by atoms with Gasteiger partial charge in [-0.2, -0.15) is 0 Å². The molecule has 1 heterocycles. The van der Waals surface area contributed by atoms with Crippen LogP contribution in [0.5, 0.6) is 0 Å². The fourth-order valence-electron chi connectivity index (χ4n) is 1.05.